The molecule has 23 heavy (non-hydrogen) atoms. The second-order valence-corrected chi connectivity index (χ2v) is 7.62. The molecule has 0 spiro atoms. The fourth-order valence-corrected chi connectivity index (χ4v) is 3.60. The summed E-state index contributed by atoms with van der Waals surface area (Å²) in [4.78, 5) is 11.6. The van der Waals surface area contributed by atoms with Crippen LogP contribution < -0.4 is 5.32 Å². The molecule has 128 valence electrons. The summed E-state index contributed by atoms with van der Waals surface area (Å²) in [6.07, 6.45) is 0.565. The van der Waals surface area contributed by atoms with Crippen LogP contribution in [0.4, 0.5) is 20.2 Å². The van der Waals surface area contributed by atoms with E-state index in [1.807, 2.05) is 4.90 Å². The van der Waals surface area contributed by atoms with E-state index in [-0.39, 0.29) is 18.1 Å². The highest BCUT2D eigenvalue weighted by Gasteiger charge is 2.21. The van der Waals surface area contributed by atoms with Crippen LogP contribution in [0, 0.1) is 21.7 Å². The van der Waals surface area contributed by atoms with Gasteiger partial charge in [0.15, 0.2) is 21.5 Å². The van der Waals surface area contributed by atoms with E-state index in [1.165, 1.54) is 0 Å². The average molecular weight is 349 g/mol. The quantitative estimate of drug-likeness (QED) is 0.474. The topological polar surface area (TPSA) is 92.6 Å². The van der Waals surface area contributed by atoms with Gasteiger partial charge in [-0.3, -0.25) is 10.1 Å². The first-order valence-electron chi connectivity index (χ1n) is 7.08. The zero-order valence-corrected chi connectivity index (χ0v) is 13.1. The van der Waals surface area contributed by atoms with Crippen LogP contribution in [0.15, 0.2) is 12.1 Å². The molecule has 0 atom stereocenters. The van der Waals surface area contributed by atoms with Crippen molar-refractivity contribution in [1.29, 1.82) is 0 Å². The van der Waals surface area contributed by atoms with E-state index in [4.69, 9.17) is 0 Å². The Hall–Kier alpha value is -1.81. The van der Waals surface area contributed by atoms with Crippen LogP contribution in [-0.4, -0.2) is 55.9 Å². The summed E-state index contributed by atoms with van der Waals surface area (Å²) < 4.78 is 49.9. The standard InChI is InChI=1S/C13H17F2N3O4S/c14-11-8-10(18(19)20)9-12(15)13(11)16-2-1-3-17-4-6-23(21,22)7-5-17/h8-9,16H,1-7H2. The predicted molar refractivity (Wildman–Crippen MR) is 81.2 cm³/mol. The maximum absolute atomic E-state index is 13.7. The Kier molecular flexibility index (Phi) is 5.47. The lowest BCUT2D eigenvalue weighted by Gasteiger charge is -2.26. The lowest BCUT2D eigenvalue weighted by molar-refractivity contribution is -0.385. The van der Waals surface area contributed by atoms with Gasteiger partial charge in [0.2, 0.25) is 0 Å². The molecule has 0 saturated carbocycles. The fraction of sp³-hybridized carbons (Fsp3) is 0.538. The van der Waals surface area contributed by atoms with Crippen molar-refractivity contribution in [2.75, 3.05) is 43.0 Å². The zero-order chi connectivity index (χ0) is 17.0. The van der Waals surface area contributed by atoms with Crippen LogP contribution in [0.1, 0.15) is 6.42 Å². The summed E-state index contributed by atoms with van der Waals surface area (Å²) in [5.41, 5.74) is -1.03. The zero-order valence-electron chi connectivity index (χ0n) is 12.3. The number of sulfone groups is 1. The van der Waals surface area contributed by atoms with Gasteiger partial charge in [0.1, 0.15) is 5.69 Å². The SMILES string of the molecule is O=[N+]([O-])c1cc(F)c(NCCCN2CCS(=O)(=O)CC2)c(F)c1. The lowest BCUT2D eigenvalue weighted by atomic mass is 10.2. The number of rotatable bonds is 6. The summed E-state index contributed by atoms with van der Waals surface area (Å²) in [6.45, 7) is 1.80. The third-order valence-corrected chi connectivity index (χ3v) is 5.24. The maximum Gasteiger partial charge on any atom is 0.275 e. The number of hydrogen-bond acceptors (Lipinski definition) is 6. The molecule has 1 aromatic carbocycles. The number of nitrogens with one attached hydrogen (secondary N) is 1. The molecule has 7 nitrogen and oxygen atoms in total. The van der Waals surface area contributed by atoms with Crippen LogP contribution in [0.5, 0.6) is 0 Å². The second-order valence-electron chi connectivity index (χ2n) is 5.32. The molecule has 1 saturated heterocycles. The van der Waals surface area contributed by atoms with Gasteiger partial charge in [-0.15, -0.1) is 0 Å². The van der Waals surface area contributed by atoms with Crippen molar-refractivity contribution in [3.63, 3.8) is 0 Å². The lowest BCUT2D eigenvalue weighted by Crippen LogP contribution is -2.41. The van der Waals surface area contributed by atoms with Crippen molar-refractivity contribution in [2.24, 2.45) is 0 Å². The fourth-order valence-electron chi connectivity index (χ4n) is 2.32. The Labute approximate surface area is 132 Å². The van der Waals surface area contributed by atoms with E-state index in [2.05, 4.69) is 5.32 Å². The molecule has 10 heteroatoms. The average Bonchev–Trinajstić information content (AvgIpc) is 2.46. The third-order valence-electron chi connectivity index (χ3n) is 3.63. The van der Waals surface area contributed by atoms with E-state index in [0.29, 0.717) is 38.2 Å². The molecule has 0 radical (unpaired) electrons. The van der Waals surface area contributed by atoms with Crippen molar-refractivity contribution >= 4 is 21.2 Å². The van der Waals surface area contributed by atoms with Crippen molar-refractivity contribution in [3.05, 3.63) is 33.9 Å². The maximum atomic E-state index is 13.7. The van der Waals surface area contributed by atoms with Gasteiger partial charge < -0.3 is 10.2 Å². The molecular weight excluding hydrogens is 332 g/mol. The first-order valence-corrected chi connectivity index (χ1v) is 8.91. The highest BCUT2D eigenvalue weighted by molar-refractivity contribution is 7.91. The highest BCUT2D eigenvalue weighted by atomic mass is 32.2. The minimum atomic E-state index is -2.92. The third kappa shape index (κ3) is 4.83. The van der Waals surface area contributed by atoms with E-state index in [0.717, 1.165) is 0 Å². The number of non-ortho nitro benzene ring substituents is 1. The van der Waals surface area contributed by atoms with Crippen LogP contribution in [0.25, 0.3) is 0 Å². The van der Waals surface area contributed by atoms with E-state index < -0.39 is 37.8 Å². The molecule has 1 aromatic rings. The Bertz CT molecular complexity index is 659. The first-order chi connectivity index (χ1) is 10.8. The molecule has 0 bridgehead atoms. The summed E-state index contributed by atoms with van der Waals surface area (Å²) in [7, 11) is -2.92. The van der Waals surface area contributed by atoms with Gasteiger partial charge in [-0.2, -0.15) is 0 Å². The second kappa shape index (κ2) is 7.18. The molecule has 0 amide bonds. The number of halogens is 2. The summed E-state index contributed by atoms with van der Waals surface area (Å²) >= 11 is 0. The number of nitro groups is 1. The van der Waals surface area contributed by atoms with Crippen LogP contribution in [0.2, 0.25) is 0 Å². The molecule has 0 aliphatic carbocycles. The van der Waals surface area contributed by atoms with Crippen molar-refractivity contribution in [3.8, 4) is 0 Å². The van der Waals surface area contributed by atoms with Gasteiger partial charge in [0, 0.05) is 19.6 Å². The Morgan fingerprint density at radius 1 is 1.22 bits per heavy atom. The highest BCUT2D eigenvalue weighted by Crippen LogP contribution is 2.24. The van der Waals surface area contributed by atoms with Gasteiger partial charge in [0.25, 0.3) is 5.69 Å². The minimum absolute atomic E-state index is 0.131. The first kappa shape index (κ1) is 17.5. The largest absolute Gasteiger partial charge is 0.380 e. The van der Waals surface area contributed by atoms with Crippen LogP contribution >= 0.6 is 0 Å². The molecule has 0 unspecified atom stereocenters. The number of hydrogen-bond donors (Lipinski definition) is 1. The molecule has 1 N–H and O–H groups in total. The van der Waals surface area contributed by atoms with Crippen LogP contribution in [-0.2, 0) is 9.84 Å². The summed E-state index contributed by atoms with van der Waals surface area (Å²) in [6, 6.07) is 1.34. The molecule has 1 aliphatic rings. The molecule has 2 rings (SSSR count). The smallest absolute Gasteiger partial charge is 0.275 e. The Balaban J connectivity index is 1.82. The summed E-state index contributed by atoms with van der Waals surface area (Å²) in [5, 5.41) is 13.1. The minimum Gasteiger partial charge on any atom is -0.380 e. The normalized spacial score (nSPS) is 17.8. The number of nitro benzene ring substituents is 1. The van der Waals surface area contributed by atoms with Gasteiger partial charge in [0.05, 0.1) is 28.6 Å². The number of nitrogens with zero attached hydrogens (tertiary/aromatic N) is 2. The Morgan fingerprint density at radius 2 is 1.78 bits per heavy atom. The molecule has 1 heterocycles. The predicted octanol–water partition coefficient (Wildman–Crippen LogP) is 1.41. The van der Waals surface area contributed by atoms with Gasteiger partial charge in [-0.25, -0.2) is 17.2 Å². The van der Waals surface area contributed by atoms with Crippen molar-refractivity contribution in [1.82, 2.24) is 4.90 Å². The van der Waals surface area contributed by atoms with E-state index in [9.17, 15) is 27.3 Å². The van der Waals surface area contributed by atoms with Gasteiger partial charge >= 0.3 is 0 Å². The Morgan fingerprint density at radius 3 is 2.30 bits per heavy atom. The van der Waals surface area contributed by atoms with E-state index in [1.54, 1.807) is 0 Å². The molecule has 0 aromatic heterocycles. The van der Waals surface area contributed by atoms with Gasteiger partial charge in [-0.1, -0.05) is 0 Å². The monoisotopic (exact) mass is 349 g/mol. The van der Waals surface area contributed by atoms with Gasteiger partial charge in [-0.05, 0) is 13.0 Å². The van der Waals surface area contributed by atoms with E-state index >= 15 is 0 Å². The van der Waals surface area contributed by atoms with Crippen LogP contribution in [0.3, 0.4) is 0 Å². The number of benzene rings is 1. The van der Waals surface area contributed by atoms with Crippen molar-refractivity contribution < 1.29 is 22.1 Å². The van der Waals surface area contributed by atoms with Crippen molar-refractivity contribution in [2.45, 2.75) is 6.42 Å². The molecular formula is C13H17F2N3O4S. The molecule has 1 aliphatic heterocycles. The number of anilines is 1. The summed E-state index contributed by atoms with van der Waals surface area (Å²) in [5.74, 6) is -1.76. The molecule has 1 fully saturated rings.